The topological polar surface area (TPSA) is 58.8 Å². The zero-order valence-electron chi connectivity index (χ0n) is 16.0. The Hall–Kier alpha value is -2.90. The van der Waals surface area contributed by atoms with E-state index in [1.165, 1.54) is 11.3 Å². The van der Waals surface area contributed by atoms with Gasteiger partial charge in [-0.25, -0.2) is 4.98 Å². The molecule has 0 fully saturated rings. The molecule has 0 aliphatic rings. The Labute approximate surface area is 166 Å². The summed E-state index contributed by atoms with van der Waals surface area (Å²) in [6, 6.07) is 15.1. The van der Waals surface area contributed by atoms with Crippen LogP contribution in [-0.2, 0) is 0 Å². The van der Waals surface area contributed by atoms with E-state index in [-0.39, 0.29) is 5.91 Å². The summed E-state index contributed by atoms with van der Waals surface area (Å²) in [5, 5.41) is 1.56. The number of amides is 1. The molecule has 0 unspecified atom stereocenters. The monoisotopic (exact) mass is 395 g/mol. The van der Waals surface area contributed by atoms with E-state index in [9.17, 15) is 4.79 Å². The van der Waals surface area contributed by atoms with Crippen molar-refractivity contribution in [2.45, 2.75) is 0 Å². The fraction of sp³-hybridized carbons (Fsp3) is 0.238. The number of rotatable bonds is 6. The van der Waals surface area contributed by atoms with Gasteiger partial charge in [0.2, 0.25) is 0 Å². The summed E-state index contributed by atoms with van der Waals surface area (Å²) < 4.78 is 12.1. The number of furan rings is 1. The maximum atomic E-state index is 13.3. The number of hydrogen-bond donors (Lipinski definition) is 0. The summed E-state index contributed by atoms with van der Waals surface area (Å²) in [4.78, 5) is 21.7. The quantitative estimate of drug-likeness (QED) is 0.488. The summed E-state index contributed by atoms with van der Waals surface area (Å²) in [6.45, 7) is 1.23. The van der Waals surface area contributed by atoms with Crippen LogP contribution in [0.2, 0.25) is 0 Å². The Morgan fingerprint density at radius 2 is 1.96 bits per heavy atom. The van der Waals surface area contributed by atoms with Crippen LogP contribution >= 0.6 is 11.3 Å². The third kappa shape index (κ3) is 3.58. The van der Waals surface area contributed by atoms with Crippen molar-refractivity contribution in [1.82, 2.24) is 9.88 Å². The zero-order chi connectivity index (χ0) is 19.7. The van der Waals surface area contributed by atoms with Crippen LogP contribution in [0.1, 0.15) is 10.6 Å². The molecular weight excluding hydrogens is 374 g/mol. The number of likely N-dealkylation sites (N-methyl/N-ethyl adjacent to an activating group) is 1. The fourth-order valence-electron chi connectivity index (χ4n) is 2.94. The second-order valence-electron chi connectivity index (χ2n) is 6.74. The molecular formula is C21H21N3O3S. The van der Waals surface area contributed by atoms with E-state index in [0.717, 1.165) is 21.4 Å². The lowest BCUT2D eigenvalue weighted by atomic mass is 10.2. The van der Waals surface area contributed by atoms with Crippen molar-refractivity contribution >= 4 is 43.6 Å². The standard InChI is InChI=1S/C21H21N3O3S/c1-23(2)10-11-24(20(25)18-12-14-6-4-5-7-17(14)27-18)21-22-16-9-8-15(26-3)13-19(16)28-21/h4-9,12-13H,10-11H2,1-3H3. The van der Waals surface area contributed by atoms with Gasteiger partial charge in [0, 0.05) is 18.5 Å². The largest absolute Gasteiger partial charge is 0.497 e. The number of aromatic nitrogens is 1. The molecule has 2 aromatic heterocycles. The van der Waals surface area contributed by atoms with Crippen LogP contribution in [0.3, 0.4) is 0 Å². The Morgan fingerprint density at radius 1 is 1.14 bits per heavy atom. The van der Waals surface area contributed by atoms with Crippen molar-refractivity contribution in [2.75, 3.05) is 39.2 Å². The summed E-state index contributed by atoms with van der Waals surface area (Å²) in [5.41, 5.74) is 1.54. The van der Waals surface area contributed by atoms with E-state index in [4.69, 9.17) is 9.15 Å². The van der Waals surface area contributed by atoms with Crippen molar-refractivity contribution in [3.05, 3.63) is 54.3 Å². The minimum absolute atomic E-state index is 0.191. The number of carbonyl (C=O) groups excluding carboxylic acids is 1. The van der Waals surface area contributed by atoms with Gasteiger partial charge in [0.1, 0.15) is 11.3 Å². The third-order valence-corrected chi connectivity index (χ3v) is 5.51. The van der Waals surface area contributed by atoms with E-state index in [1.54, 1.807) is 18.1 Å². The molecule has 4 aromatic rings. The van der Waals surface area contributed by atoms with Crippen LogP contribution < -0.4 is 9.64 Å². The number of anilines is 1. The molecule has 4 rings (SSSR count). The number of nitrogens with zero attached hydrogens (tertiary/aromatic N) is 3. The number of carbonyl (C=O) groups is 1. The van der Waals surface area contributed by atoms with Crippen LogP contribution in [0.4, 0.5) is 5.13 Å². The number of ether oxygens (including phenoxy) is 1. The van der Waals surface area contributed by atoms with Crippen molar-refractivity contribution in [3.8, 4) is 5.75 Å². The molecule has 6 nitrogen and oxygen atoms in total. The van der Waals surface area contributed by atoms with Gasteiger partial charge in [0.05, 0.1) is 17.3 Å². The van der Waals surface area contributed by atoms with Crippen molar-refractivity contribution in [2.24, 2.45) is 0 Å². The van der Waals surface area contributed by atoms with Gasteiger partial charge >= 0.3 is 0 Å². The molecule has 1 amide bonds. The molecule has 0 radical (unpaired) electrons. The minimum atomic E-state index is -0.191. The van der Waals surface area contributed by atoms with Crippen LogP contribution in [-0.4, -0.2) is 50.1 Å². The summed E-state index contributed by atoms with van der Waals surface area (Å²) in [6.07, 6.45) is 0. The highest BCUT2D eigenvalue weighted by atomic mass is 32.1. The molecule has 0 aliphatic carbocycles. The SMILES string of the molecule is COc1ccc2nc(N(CCN(C)C)C(=O)c3cc4ccccc4o3)sc2c1. The predicted octanol–water partition coefficient (Wildman–Crippen LogP) is 4.26. The minimum Gasteiger partial charge on any atom is -0.497 e. The summed E-state index contributed by atoms with van der Waals surface area (Å²) >= 11 is 1.47. The number of para-hydroxylation sites is 1. The van der Waals surface area contributed by atoms with Crippen molar-refractivity contribution < 1.29 is 13.9 Å². The van der Waals surface area contributed by atoms with E-state index in [2.05, 4.69) is 4.98 Å². The van der Waals surface area contributed by atoms with E-state index in [1.807, 2.05) is 61.5 Å². The smallest absolute Gasteiger partial charge is 0.295 e. The maximum Gasteiger partial charge on any atom is 0.295 e. The molecule has 0 bridgehead atoms. The van der Waals surface area contributed by atoms with Gasteiger partial charge < -0.3 is 14.1 Å². The van der Waals surface area contributed by atoms with Crippen molar-refractivity contribution in [3.63, 3.8) is 0 Å². The van der Waals surface area contributed by atoms with Crippen LogP contribution in [0, 0.1) is 0 Å². The van der Waals surface area contributed by atoms with E-state index >= 15 is 0 Å². The van der Waals surface area contributed by atoms with Gasteiger partial charge in [-0.3, -0.25) is 9.69 Å². The first kappa shape index (κ1) is 18.5. The maximum absolute atomic E-state index is 13.3. The lowest BCUT2D eigenvalue weighted by Gasteiger charge is -2.20. The summed E-state index contributed by atoms with van der Waals surface area (Å²) in [5.74, 6) is 0.895. The van der Waals surface area contributed by atoms with E-state index in [0.29, 0.717) is 29.6 Å². The van der Waals surface area contributed by atoms with Gasteiger partial charge in [-0.05, 0) is 44.4 Å². The molecule has 144 valence electrons. The first-order valence-electron chi connectivity index (χ1n) is 8.95. The number of benzene rings is 2. The number of hydrogen-bond acceptors (Lipinski definition) is 6. The van der Waals surface area contributed by atoms with Gasteiger partial charge in [-0.15, -0.1) is 0 Å². The first-order chi connectivity index (χ1) is 13.5. The molecule has 7 heteroatoms. The van der Waals surface area contributed by atoms with Crippen molar-refractivity contribution in [1.29, 1.82) is 0 Å². The Kier molecular flexibility index (Phi) is 5.02. The molecule has 0 N–H and O–H groups in total. The normalized spacial score (nSPS) is 11.4. The Balaban J connectivity index is 1.72. The molecule has 0 aliphatic heterocycles. The first-order valence-corrected chi connectivity index (χ1v) is 9.76. The number of thiazole rings is 1. The molecule has 28 heavy (non-hydrogen) atoms. The fourth-order valence-corrected chi connectivity index (χ4v) is 3.96. The number of fused-ring (bicyclic) bond motifs is 2. The lowest BCUT2D eigenvalue weighted by Crippen LogP contribution is -2.36. The lowest BCUT2D eigenvalue weighted by molar-refractivity contribution is 0.0960. The molecule has 2 heterocycles. The highest BCUT2D eigenvalue weighted by Gasteiger charge is 2.24. The Morgan fingerprint density at radius 3 is 2.71 bits per heavy atom. The molecule has 0 saturated heterocycles. The van der Waals surface area contributed by atoms with E-state index < -0.39 is 0 Å². The van der Waals surface area contributed by atoms with Crippen LogP contribution in [0.5, 0.6) is 5.75 Å². The predicted molar refractivity (Wildman–Crippen MR) is 113 cm³/mol. The summed E-state index contributed by atoms with van der Waals surface area (Å²) in [7, 11) is 5.59. The highest BCUT2D eigenvalue weighted by molar-refractivity contribution is 7.22. The zero-order valence-corrected chi connectivity index (χ0v) is 16.8. The van der Waals surface area contributed by atoms with Gasteiger partial charge in [0.25, 0.3) is 5.91 Å². The average Bonchev–Trinajstić information content (AvgIpc) is 3.31. The highest BCUT2D eigenvalue weighted by Crippen LogP contribution is 2.32. The Bertz CT molecular complexity index is 1100. The molecule has 0 atom stereocenters. The average molecular weight is 395 g/mol. The van der Waals surface area contributed by atoms with Gasteiger partial charge in [-0.1, -0.05) is 29.5 Å². The molecule has 0 saturated carbocycles. The van der Waals surface area contributed by atoms with Crippen LogP contribution in [0.15, 0.2) is 52.9 Å². The van der Waals surface area contributed by atoms with Crippen LogP contribution in [0.25, 0.3) is 21.2 Å². The van der Waals surface area contributed by atoms with Gasteiger partial charge in [0.15, 0.2) is 10.9 Å². The second-order valence-corrected chi connectivity index (χ2v) is 7.75. The second kappa shape index (κ2) is 7.61. The van der Waals surface area contributed by atoms with Gasteiger partial charge in [-0.2, -0.15) is 0 Å². The third-order valence-electron chi connectivity index (χ3n) is 4.47. The number of methoxy groups -OCH3 is 1. The molecule has 0 spiro atoms. The molecule has 2 aromatic carbocycles.